The topological polar surface area (TPSA) is 130 Å². The van der Waals surface area contributed by atoms with Crippen LogP contribution in [0.5, 0.6) is 0 Å². The number of aromatic nitrogens is 6. The maximum absolute atomic E-state index is 12.3. The predicted octanol–water partition coefficient (Wildman–Crippen LogP) is 11.9. The molecule has 2 aliphatic heterocycles. The molecule has 4 aliphatic rings. The normalized spacial score (nSPS) is 19.0. The molecule has 0 amide bonds. The van der Waals surface area contributed by atoms with Crippen molar-refractivity contribution in [3.8, 4) is 44.5 Å². The highest BCUT2D eigenvalue weighted by atomic mass is 16.5. The summed E-state index contributed by atoms with van der Waals surface area (Å²) in [6, 6.07) is 41.8. The number of piperidine rings is 2. The first-order valence-electron chi connectivity index (χ1n) is 24.6. The second-order valence-electron chi connectivity index (χ2n) is 19.6. The summed E-state index contributed by atoms with van der Waals surface area (Å²) in [4.78, 5) is 38.7. The third-order valence-electron chi connectivity index (χ3n) is 15.7. The Bertz CT molecular complexity index is 3710. The standard InChI is InChI=1S/C30H26N4O2.C29H24N4O2/c1-36-30(35)27-7-3-4-24-25(27)5-2-6-26(24)28-16-32-34-18-21(15-31-29(28)34)20-9-12-22(13-10-20)33-17-19-8-11-23(33)14-19;34-29(35)26-6-2-3-23-24(26)4-1-5-25(23)27-15-31-33-17-20(14-30-28(27)33)19-8-11-21(12-9-19)32-16-18-7-10-22(32)13-18/h2-7,9-10,12-13,15-16,18-19,23H,8,11,14,17H2,1H3;1-6,8-9,11-12,14-15,17-18,22H,7,10,13,16H2,(H,34,35)/t19-,23+;18-,22+/m00/s1. The molecule has 4 bridgehead atoms. The van der Waals surface area contributed by atoms with Crippen molar-refractivity contribution in [1.29, 1.82) is 0 Å². The third kappa shape index (κ3) is 7.44. The summed E-state index contributed by atoms with van der Waals surface area (Å²) in [5.74, 6) is 0.476. The van der Waals surface area contributed by atoms with Gasteiger partial charge >= 0.3 is 11.9 Å². The van der Waals surface area contributed by atoms with Crippen molar-refractivity contribution in [2.45, 2.75) is 50.6 Å². The number of fused-ring (bicyclic) bond motifs is 8. The second-order valence-corrected chi connectivity index (χ2v) is 19.6. The number of rotatable bonds is 8. The Morgan fingerprint density at radius 1 is 0.507 bits per heavy atom. The monoisotopic (exact) mass is 934 g/mol. The zero-order chi connectivity index (χ0) is 47.7. The molecule has 12 nitrogen and oxygen atoms in total. The van der Waals surface area contributed by atoms with Crippen molar-refractivity contribution < 1.29 is 19.4 Å². The molecule has 4 aromatic heterocycles. The number of ether oxygens (including phenoxy) is 1. The molecule has 0 unspecified atom stereocenters. The molecule has 0 spiro atoms. The Morgan fingerprint density at radius 3 is 1.39 bits per heavy atom. The van der Waals surface area contributed by atoms with E-state index in [4.69, 9.17) is 14.7 Å². The van der Waals surface area contributed by atoms with Gasteiger partial charge in [-0.1, -0.05) is 84.9 Å². The number of hydrogen-bond acceptors (Lipinski definition) is 9. The van der Waals surface area contributed by atoms with E-state index in [9.17, 15) is 14.7 Å². The van der Waals surface area contributed by atoms with E-state index in [1.165, 1.54) is 70.1 Å². The number of methoxy groups -OCH3 is 1. The fraction of sp³-hybridized carbons (Fsp3) is 0.220. The van der Waals surface area contributed by atoms with Gasteiger partial charge in [0.25, 0.3) is 0 Å². The fourth-order valence-corrected chi connectivity index (χ4v) is 12.2. The number of carboxylic acids is 1. The molecule has 6 aromatic carbocycles. The molecular formula is C59H50N8O4. The Kier molecular flexibility index (Phi) is 10.4. The van der Waals surface area contributed by atoms with Gasteiger partial charge in [0.2, 0.25) is 0 Å². The zero-order valence-electron chi connectivity index (χ0n) is 39.2. The van der Waals surface area contributed by atoms with Crippen LogP contribution in [0.15, 0.2) is 159 Å². The van der Waals surface area contributed by atoms with E-state index in [0.717, 1.165) is 89.8 Å². The lowest BCUT2D eigenvalue weighted by atomic mass is 9.97. The number of carbonyl (C=O) groups is 2. The summed E-state index contributed by atoms with van der Waals surface area (Å²) in [6.45, 7) is 2.39. The summed E-state index contributed by atoms with van der Waals surface area (Å²) >= 11 is 0. The Morgan fingerprint density at radius 2 is 0.958 bits per heavy atom. The van der Waals surface area contributed by atoms with E-state index < -0.39 is 5.97 Å². The van der Waals surface area contributed by atoms with Gasteiger partial charge in [0.15, 0.2) is 11.3 Å². The van der Waals surface area contributed by atoms with Crippen molar-refractivity contribution in [3.05, 3.63) is 170 Å². The molecule has 14 rings (SSSR count). The number of carboxylic acid groups (broad SMARTS) is 1. The Balaban J connectivity index is 0.000000139. The van der Waals surface area contributed by atoms with Crippen molar-refractivity contribution in [2.75, 3.05) is 30.0 Å². The fourth-order valence-electron chi connectivity index (χ4n) is 12.2. The van der Waals surface area contributed by atoms with Gasteiger partial charge in [0.1, 0.15) is 0 Å². The molecule has 10 aromatic rings. The van der Waals surface area contributed by atoms with Gasteiger partial charge in [-0.3, -0.25) is 0 Å². The van der Waals surface area contributed by atoms with Crippen LogP contribution in [0.2, 0.25) is 0 Å². The maximum Gasteiger partial charge on any atom is 0.338 e. The highest BCUT2D eigenvalue weighted by Gasteiger charge is 2.38. The molecule has 2 saturated carbocycles. The van der Waals surface area contributed by atoms with Crippen molar-refractivity contribution in [2.24, 2.45) is 11.8 Å². The van der Waals surface area contributed by atoms with E-state index in [1.54, 1.807) is 28.9 Å². The molecule has 4 atom stereocenters. The molecule has 12 heteroatoms. The van der Waals surface area contributed by atoms with Gasteiger partial charge in [-0.2, -0.15) is 10.2 Å². The third-order valence-corrected chi connectivity index (χ3v) is 15.7. The van der Waals surface area contributed by atoms with E-state index in [-0.39, 0.29) is 5.97 Å². The van der Waals surface area contributed by atoms with Crippen LogP contribution in [-0.4, -0.2) is 78.5 Å². The minimum Gasteiger partial charge on any atom is -0.478 e. The van der Waals surface area contributed by atoms with Gasteiger partial charge < -0.3 is 19.6 Å². The highest BCUT2D eigenvalue weighted by Crippen LogP contribution is 2.42. The second kappa shape index (κ2) is 17.2. The van der Waals surface area contributed by atoms with Crippen LogP contribution in [0.25, 0.3) is 77.3 Å². The molecule has 2 aliphatic carbocycles. The van der Waals surface area contributed by atoms with Crippen LogP contribution in [0.4, 0.5) is 11.4 Å². The summed E-state index contributed by atoms with van der Waals surface area (Å²) in [5.41, 5.74) is 13.0. The first-order chi connectivity index (χ1) is 34.8. The maximum atomic E-state index is 12.3. The van der Waals surface area contributed by atoms with E-state index in [2.05, 4.69) is 68.5 Å². The number of nitrogens with zero attached hydrogens (tertiary/aromatic N) is 8. The number of hydrogen-bond donors (Lipinski definition) is 1. The van der Waals surface area contributed by atoms with Crippen LogP contribution in [0.1, 0.15) is 59.2 Å². The lowest BCUT2D eigenvalue weighted by molar-refractivity contribution is 0.0602. The number of anilines is 2. The molecule has 6 heterocycles. The van der Waals surface area contributed by atoms with Gasteiger partial charge in [-0.25, -0.2) is 28.6 Å². The van der Waals surface area contributed by atoms with Crippen LogP contribution >= 0.6 is 0 Å². The van der Waals surface area contributed by atoms with E-state index >= 15 is 0 Å². The van der Waals surface area contributed by atoms with E-state index in [1.807, 2.05) is 90.1 Å². The Hall–Kier alpha value is -8.38. The molecule has 2 saturated heterocycles. The van der Waals surface area contributed by atoms with Crippen molar-refractivity contribution in [3.63, 3.8) is 0 Å². The summed E-state index contributed by atoms with van der Waals surface area (Å²) in [7, 11) is 1.40. The number of carbonyl (C=O) groups excluding carboxylic acids is 1. The number of aromatic carboxylic acids is 1. The first kappa shape index (κ1) is 42.7. The van der Waals surface area contributed by atoms with Crippen molar-refractivity contribution in [1.82, 2.24) is 29.2 Å². The average molecular weight is 935 g/mol. The number of benzene rings is 6. The highest BCUT2D eigenvalue weighted by molar-refractivity contribution is 6.10. The van der Waals surface area contributed by atoms with Crippen LogP contribution in [-0.2, 0) is 4.74 Å². The summed E-state index contributed by atoms with van der Waals surface area (Å²) in [5, 5.41) is 22.2. The summed E-state index contributed by atoms with van der Waals surface area (Å²) < 4.78 is 8.62. The minimum atomic E-state index is -0.932. The minimum absolute atomic E-state index is 0.293. The molecule has 0 radical (unpaired) electrons. The molecule has 71 heavy (non-hydrogen) atoms. The molecular weight excluding hydrogens is 885 g/mol. The van der Waals surface area contributed by atoms with Crippen molar-refractivity contribution >= 4 is 56.2 Å². The largest absolute Gasteiger partial charge is 0.478 e. The lowest BCUT2D eigenvalue weighted by Crippen LogP contribution is -2.31. The lowest BCUT2D eigenvalue weighted by Gasteiger charge is -2.29. The van der Waals surface area contributed by atoms with Gasteiger partial charge in [0.05, 0.1) is 30.6 Å². The first-order valence-corrected chi connectivity index (χ1v) is 24.6. The van der Waals surface area contributed by atoms with Crippen LogP contribution in [0, 0.1) is 11.8 Å². The smallest absolute Gasteiger partial charge is 0.338 e. The zero-order valence-corrected chi connectivity index (χ0v) is 39.2. The molecule has 4 fully saturated rings. The van der Waals surface area contributed by atoms with Crippen LogP contribution in [0.3, 0.4) is 0 Å². The van der Waals surface area contributed by atoms with Gasteiger partial charge in [0, 0.05) is 83.6 Å². The summed E-state index contributed by atoms with van der Waals surface area (Å²) in [6.07, 6.45) is 19.6. The van der Waals surface area contributed by atoms with Crippen LogP contribution < -0.4 is 9.80 Å². The van der Waals surface area contributed by atoms with E-state index in [0.29, 0.717) is 22.6 Å². The quantitative estimate of drug-likeness (QED) is 0.147. The average Bonchev–Trinajstić information content (AvgIpc) is 4.31. The number of esters is 1. The van der Waals surface area contributed by atoms with Gasteiger partial charge in [-0.15, -0.1) is 0 Å². The molecule has 1 N–H and O–H groups in total. The molecule has 350 valence electrons. The predicted molar refractivity (Wildman–Crippen MR) is 278 cm³/mol. The van der Waals surface area contributed by atoms with Gasteiger partial charge in [-0.05, 0) is 131 Å². The Labute approximate surface area is 409 Å². The SMILES string of the molecule is COC(=O)c1cccc2c(-c3cnn4cc(-c5ccc(N6C[C@H]7CC[C@@H]6C7)cc5)cnc34)cccc12.O=C(O)c1cccc2c(-c3cnn4cc(-c5ccc(N6C[C@H]7CC[C@@H]6C7)cc5)cnc34)cccc12.